The zero-order chi connectivity index (χ0) is 17.8. The quantitative estimate of drug-likeness (QED) is 0.488. The molecule has 0 aliphatic heterocycles. The van der Waals surface area contributed by atoms with Gasteiger partial charge in [-0.1, -0.05) is 29.8 Å². The Kier molecular flexibility index (Phi) is 6.12. The van der Waals surface area contributed by atoms with Gasteiger partial charge in [0, 0.05) is 9.75 Å². The number of hydrogen-bond donors (Lipinski definition) is 1. The molecule has 130 valence electrons. The third kappa shape index (κ3) is 4.82. The summed E-state index contributed by atoms with van der Waals surface area (Å²) < 4.78 is 0. The molecule has 2 aromatic heterocycles. The topological polar surface area (TPSA) is 15.3 Å². The molecule has 6 heteroatoms. The second-order valence-electron chi connectivity index (χ2n) is 5.88. The van der Waals surface area contributed by atoms with Gasteiger partial charge in [-0.15, -0.1) is 22.7 Å². The molecule has 0 radical (unpaired) electrons. The molecule has 0 saturated carbocycles. The van der Waals surface area contributed by atoms with E-state index in [9.17, 15) is 0 Å². The highest BCUT2D eigenvalue weighted by Gasteiger charge is 2.15. The Balaban J connectivity index is 1.81. The molecule has 0 fully saturated rings. The zero-order valence-corrected chi connectivity index (χ0v) is 17.3. The Morgan fingerprint density at radius 1 is 1.08 bits per heavy atom. The maximum atomic E-state index is 6.43. The zero-order valence-electron chi connectivity index (χ0n) is 14.1. The monoisotopic (exact) mass is 406 g/mol. The van der Waals surface area contributed by atoms with Crippen molar-refractivity contribution in [1.82, 2.24) is 4.90 Å². The van der Waals surface area contributed by atoms with Crippen LogP contribution in [0, 0.1) is 13.8 Å². The van der Waals surface area contributed by atoms with Crippen LogP contribution < -0.4 is 5.32 Å². The lowest BCUT2D eigenvalue weighted by Crippen LogP contribution is -2.33. The van der Waals surface area contributed by atoms with Crippen LogP contribution >= 0.6 is 46.5 Å². The minimum absolute atomic E-state index is 0.690. The minimum Gasteiger partial charge on any atom is -0.339 e. The molecule has 1 N–H and O–H groups in total. The fourth-order valence-corrected chi connectivity index (χ4v) is 4.68. The highest BCUT2D eigenvalue weighted by Crippen LogP contribution is 2.28. The summed E-state index contributed by atoms with van der Waals surface area (Å²) in [6.45, 7) is 5.65. The van der Waals surface area contributed by atoms with E-state index in [1.165, 1.54) is 9.75 Å². The van der Waals surface area contributed by atoms with Crippen molar-refractivity contribution in [2.45, 2.75) is 26.9 Å². The number of hydrogen-bond acceptors (Lipinski definition) is 3. The highest BCUT2D eigenvalue weighted by molar-refractivity contribution is 7.80. The standard InChI is InChI=1S/C19H19ClN2S3/c1-13-9-14(2)18(17(20)10-13)21-19(23)22(11-15-5-3-7-24-15)12-16-6-4-8-25-16/h3-10H,11-12H2,1-2H3,(H,21,23). The number of halogens is 1. The molecule has 2 heterocycles. The van der Waals surface area contributed by atoms with E-state index in [0.717, 1.165) is 29.9 Å². The molecular formula is C19H19ClN2S3. The maximum absolute atomic E-state index is 6.43. The van der Waals surface area contributed by atoms with Crippen molar-refractivity contribution >= 4 is 57.3 Å². The number of benzene rings is 1. The summed E-state index contributed by atoms with van der Waals surface area (Å²) >= 11 is 15.6. The first kappa shape index (κ1) is 18.4. The average Bonchev–Trinajstić information content (AvgIpc) is 3.23. The van der Waals surface area contributed by atoms with Crippen molar-refractivity contribution in [3.63, 3.8) is 0 Å². The Hall–Kier alpha value is -1.40. The first-order chi connectivity index (χ1) is 12.0. The van der Waals surface area contributed by atoms with Crippen LogP contribution in [0.2, 0.25) is 5.02 Å². The van der Waals surface area contributed by atoms with Gasteiger partial charge in [0.25, 0.3) is 0 Å². The Labute approximate surface area is 167 Å². The van der Waals surface area contributed by atoms with E-state index in [0.29, 0.717) is 10.1 Å². The van der Waals surface area contributed by atoms with Crippen molar-refractivity contribution in [2.24, 2.45) is 0 Å². The van der Waals surface area contributed by atoms with Crippen molar-refractivity contribution in [1.29, 1.82) is 0 Å². The SMILES string of the molecule is Cc1cc(C)c(NC(=S)N(Cc2cccs2)Cc2cccs2)c(Cl)c1. The number of thiocarbonyl (C=S) groups is 1. The average molecular weight is 407 g/mol. The molecule has 0 amide bonds. The fourth-order valence-electron chi connectivity index (χ4n) is 2.64. The van der Waals surface area contributed by atoms with Gasteiger partial charge in [0.15, 0.2) is 5.11 Å². The fraction of sp³-hybridized carbons (Fsp3) is 0.211. The van der Waals surface area contributed by atoms with Crippen LogP contribution in [0.1, 0.15) is 20.9 Å². The van der Waals surface area contributed by atoms with Crippen LogP contribution in [-0.4, -0.2) is 10.0 Å². The molecule has 0 bridgehead atoms. The molecule has 2 nitrogen and oxygen atoms in total. The number of nitrogens with one attached hydrogen (secondary N) is 1. The normalized spacial score (nSPS) is 10.7. The molecule has 0 saturated heterocycles. The minimum atomic E-state index is 0.690. The van der Waals surface area contributed by atoms with Gasteiger partial charge in [-0.25, -0.2) is 0 Å². The third-order valence-corrected chi connectivity index (χ3v) is 6.19. The lowest BCUT2D eigenvalue weighted by Gasteiger charge is -2.26. The second-order valence-corrected chi connectivity index (χ2v) is 8.74. The Morgan fingerprint density at radius 2 is 1.68 bits per heavy atom. The van der Waals surface area contributed by atoms with Crippen LogP contribution in [0.25, 0.3) is 0 Å². The summed E-state index contributed by atoms with van der Waals surface area (Å²) in [5.41, 5.74) is 3.13. The van der Waals surface area contributed by atoms with Crippen molar-refractivity contribution in [3.8, 4) is 0 Å². The predicted octanol–water partition coefficient (Wildman–Crippen LogP) is 6.48. The number of rotatable bonds is 5. The summed E-state index contributed by atoms with van der Waals surface area (Å²) in [7, 11) is 0. The predicted molar refractivity (Wildman–Crippen MR) is 115 cm³/mol. The van der Waals surface area contributed by atoms with Gasteiger partial charge < -0.3 is 10.2 Å². The number of nitrogens with zero attached hydrogens (tertiary/aromatic N) is 1. The molecule has 1 aromatic carbocycles. The van der Waals surface area contributed by atoms with Crippen molar-refractivity contribution in [3.05, 3.63) is 73.1 Å². The van der Waals surface area contributed by atoms with E-state index in [1.807, 2.05) is 19.9 Å². The Bertz CT molecular complexity index is 782. The van der Waals surface area contributed by atoms with Gasteiger partial charge in [-0.2, -0.15) is 0 Å². The van der Waals surface area contributed by atoms with Crippen LogP contribution in [0.15, 0.2) is 47.2 Å². The molecular weight excluding hydrogens is 388 g/mol. The lowest BCUT2D eigenvalue weighted by molar-refractivity contribution is 0.420. The van der Waals surface area contributed by atoms with E-state index in [4.69, 9.17) is 23.8 Å². The maximum Gasteiger partial charge on any atom is 0.174 e. The van der Waals surface area contributed by atoms with Crippen LogP contribution in [-0.2, 0) is 13.1 Å². The van der Waals surface area contributed by atoms with Gasteiger partial charge in [0.05, 0.1) is 23.8 Å². The highest BCUT2D eigenvalue weighted by atomic mass is 35.5. The van der Waals surface area contributed by atoms with Gasteiger partial charge in [-0.3, -0.25) is 0 Å². The van der Waals surface area contributed by atoms with Gasteiger partial charge >= 0.3 is 0 Å². The van der Waals surface area contributed by atoms with Crippen LogP contribution in [0.5, 0.6) is 0 Å². The first-order valence-electron chi connectivity index (χ1n) is 7.90. The summed E-state index contributed by atoms with van der Waals surface area (Å²) in [6, 6.07) is 12.5. The van der Waals surface area contributed by atoms with Crippen molar-refractivity contribution in [2.75, 3.05) is 5.32 Å². The number of thiophene rings is 2. The van der Waals surface area contributed by atoms with E-state index in [-0.39, 0.29) is 0 Å². The molecule has 3 rings (SSSR count). The van der Waals surface area contributed by atoms with E-state index in [2.05, 4.69) is 51.3 Å². The van der Waals surface area contributed by atoms with E-state index < -0.39 is 0 Å². The summed E-state index contributed by atoms with van der Waals surface area (Å²) in [5.74, 6) is 0. The van der Waals surface area contributed by atoms with E-state index >= 15 is 0 Å². The number of aryl methyl sites for hydroxylation is 2. The molecule has 0 unspecified atom stereocenters. The Morgan fingerprint density at radius 3 is 2.16 bits per heavy atom. The second kappa shape index (κ2) is 8.32. The summed E-state index contributed by atoms with van der Waals surface area (Å²) in [5, 5.41) is 8.94. The molecule has 0 aliphatic carbocycles. The molecule has 0 aliphatic rings. The van der Waals surface area contributed by atoms with E-state index in [1.54, 1.807) is 22.7 Å². The summed E-state index contributed by atoms with van der Waals surface area (Å²) in [4.78, 5) is 4.75. The third-order valence-electron chi connectivity index (χ3n) is 3.80. The largest absolute Gasteiger partial charge is 0.339 e. The van der Waals surface area contributed by atoms with Crippen LogP contribution in [0.3, 0.4) is 0 Å². The molecule has 25 heavy (non-hydrogen) atoms. The lowest BCUT2D eigenvalue weighted by atomic mass is 10.1. The smallest absolute Gasteiger partial charge is 0.174 e. The molecule has 3 aromatic rings. The van der Waals surface area contributed by atoms with Crippen molar-refractivity contribution < 1.29 is 0 Å². The van der Waals surface area contributed by atoms with Gasteiger partial charge in [0.1, 0.15) is 0 Å². The summed E-state index contributed by atoms with van der Waals surface area (Å²) in [6.07, 6.45) is 0. The van der Waals surface area contributed by atoms with Gasteiger partial charge in [-0.05, 0) is 66.2 Å². The first-order valence-corrected chi connectivity index (χ1v) is 10.4. The molecule has 0 spiro atoms. The van der Waals surface area contributed by atoms with Crippen LogP contribution in [0.4, 0.5) is 5.69 Å². The number of anilines is 1. The van der Waals surface area contributed by atoms with Gasteiger partial charge in [0.2, 0.25) is 0 Å². The molecule has 0 atom stereocenters.